The van der Waals surface area contributed by atoms with Gasteiger partial charge in [-0.2, -0.15) is 0 Å². The average molecular weight is 307 g/mol. The van der Waals surface area contributed by atoms with Gasteiger partial charge in [-0.05, 0) is 19.9 Å². The maximum absolute atomic E-state index is 12.0. The quantitative estimate of drug-likeness (QED) is 0.903. The smallest absolute Gasteiger partial charge is 0.243 e. The fourth-order valence-corrected chi connectivity index (χ4v) is 3.20. The number of ether oxygens (including phenoxy) is 2. The lowest BCUT2D eigenvalue weighted by Gasteiger charge is -2.17. The summed E-state index contributed by atoms with van der Waals surface area (Å²) >= 11 is 5.83. The van der Waals surface area contributed by atoms with Crippen LogP contribution >= 0.6 is 11.6 Å². The SMILES string of the molecule is CC1(C)OCC(CNS(=O)(=O)c2cnccc2Cl)O1. The van der Waals surface area contributed by atoms with Crippen LogP contribution in [0.5, 0.6) is 0 Å². The van der Waals surface area contributed by atoms with Crippen molar-refractivity contribution in [2.45, 2.75) is 30.6 Å². The van der Waals surface area contributed by atoms with Crippen molar-refractivity contribution in [3.63, 3.8) is 0 Å². The fourth-order valence-electron chi connectivity index (χ4n) is 1.70. The van der Waals surface area contributed by atoms with Crippen molar-refractivity contribution in [1.82, 2.24) is 9.71 Å². The van der Waals surface area contributed by atoms with Gasteiger partial charge in [0.15, 0.2) is 5.79 Å². The first-order valence-electron chi connectivity index (χ1n) is 5.71. The Bertz CT molecular complexity index is 562. The molecule has 1 aromatic rings. The lowest BCUT2D eigenvalue weighted by Crippen LogP contribution is -2.34. The van der Waals surface area contributed by atoms with Crippen molar-refractivity contribution in [3.05, 3.63) is 23.5 Å². The van der Waals surface area contributed by atoms with E-state index in [9.17, 15) is 8.42 Å². The van der Waals surface area contributed by atoms with E-state index >= 15 is 0 Å². The average Bonchev–Trinajstić information content (AvgIpc) is 2.67. The normalized spacial score (nSPS) is 22.6. The molecular formula is C11H15ClN2O4S. The van der Waals surface area contributed by atoms with Gasteiger partial charge in [0.25, 0.3) is 0 Å². The molecule has 0 bridgehead atoms. The highest BCUT2D eigenvalue weighted by Crippen LogP contribution is 2.23. The Kier molecular flexibility index (Phi) is 4.12. The van der Waals surface area contributed by atoms with Crippen LogP contribution < -0.4 is 4.72 Å². The van der Waals surface area contributed by atoms with Crippen LogP contribution in [-0.4, -0.2) is 38.4 Å². The summed E-state index contributed by atoms with van der Waals surface area (Å²) in [7, 11) is -3.70. The summed E-state index contributed by atoms with van der Waals surface area (Å²) in [6.45, 7) is 4.02. The number of halogens is 1. The summed E-state index contributed by atoms with van der Waals surface area (Å²) in [5, 5.41) is 0.131. The number of hydrogen-bond donors (Lipinski definition) is 1. The molecule has 0 aliphatic carbocycles. The molecule has 0 amide bonds. The number of pyridine rings is 1. The standard InChI is InChI=1S/C11H15ClN2O4S/c1-11(2)17-7-8(18-11)5-14-19(15,16)10-6-13-4-3-9(10)12/h3-4,6,8,14H,5,7H2,1-2H3. The molecule has 2 heterocycles. The van der Waals surface area contributed by atoms with Crippen LogP contribution in [0.1, 0.15) is 13.8 Å². The third-order valence-electron chi connectivity index (χ3n) is 2.59. The predicted octanol–water partition coefficient (Wildman–Crippen LogP) is 1.16. The molecule has 106 valence electrons. The molecule has 0 saturated carbocycles. The summed E-state index contributed by atoms with van der Waals surface area (Å²) < 4.78 is 37.4. The molecule has 2 rings (SSSR count). The second-order valence-corrected chi connectivity index (χ2v) is 6.75. The maximum atomic E-state index is 12.0. The van der Waals surface area contributed by atoms with E-state index in [1.54, 1.807) is 13.8 Å². The molecule has 1 aromatic heterocycles. The van der Waals surface area contributed by atoms with Gasteiger partial charge in [-0.1, -0.05) is 11.6 Å². The second-order valence-electron chi connectivity index (χ2n) is 4.61. The van der Waals surface area contributed by atoms with Gasteiger partial charge in [0.2, 0.25) is 10.0 Å². The topological polar surface area (TPSA) is 77.5 Å². The molecule has 0 radical (unpaired) electrons. The van der Waals surface area contributed by atoms with E-state index in [0.29, 0.717) is 6.61 Å². The van der Waals surface area contributed by atoms with Crippen molar-refractivity contribution in [3.8, 4) is 0 Å². The van der Waals surface area contributed by atoms with E-state index in [4.69, 9.17) is 21.1 Å². The first kappa shape index (κ1) is 14.7. The number of nitrogens with zero attached hydrogens (tertiary/aromatic N) is 1. The zero-order chi connectivity index (χ0) is 14.1. The van der Waals surface area contributed by atoms with Crippen molar-refractivity contribution in [2.75, 3.05) is 13.2 Å². The van der Waals surface area contributed by atoms with Crippen LogP contribution in [0.4, 0.5) is 0 Å². The van der Waals surface area contributed by atoms with Gasteiger partial charge in [0.1, 0.15) is 4.90 Å². The second kappa shape index (κ2) is 5.34. The molecule has 1 fully saturated rings. The van der Waals surface area contributed by atoms with Crippen LogP contribution in [0.3, 0.4) is 0 Å². The lowest BCUT2D eigenvalue weighted by molar-refractivity contribution is -0.137. The fraction of sp³-hybridized carbons (Fsp3) is 0.545. The summed E-state index contributed by atoms with van der Waals surface area (Å²) in [6.07, 6.45) is 2.32. The molecule has 8 heteroatoms. The van der Waals surface area contributed by atoms with Gasteiger partial charge >= 0.3 is 0 Å². The van der Waals surface area contributed by atoms with Crippen LogP contribution in [0.15, 0.2) is 23.4 Å². The Morgan fingerprint density at radius 1 is 1.58 bits per heavy atom. The maximum Gasteiger partial charge on any atom is 0.243 e. The van der Waals surface area contributed by atoms with Crippen molar-refractivity contribution in [1.29, 1.82) is 0 Å². The lowest BCUT2D eigenvalue weighted by atomic mass is 10.4. The van der Waals surface area contributed by atoms with E-state index in [2.05, 4.69) is 9.71 Å². The highest BCUT2D eigenvalue weighted by Gasteiger charge is 2.33. The predicted molar refractivity (Wildman–Crippen MR) is 69.3 cm³/mol. The number of nitrogens with one attached hydrogen (secondary N) is 1. The zero-order valence-corrected chi connectivity index (χ0v) is 12.2. The van der Waals surface area contributed by atoms with Gasteiger partial charge in [-0.3, -0.25) is 4.98 Å². The Labute approximate surface area is 117 Å². The summed E-state index contributed by atoms with van der Waals surface area (Å²) in [6, 6.07) is 1.43. The first-order chi connectivity index (χ1) is 8.80. The molecule has 1 aliphatic rings. The Morgan fingerprint density at radius 2 is 2.32 bits per heavy atom. The van der Waals surface area contributed by atoms with E-state index in [0.717, 1.165) is 0 Å². The number of hydrogen-bond acceptors (Lipinski definition) is 5. The summed E-state index contributed by atoms with van der Waals surface area (Å²) in [4.78, 5) is 3.71. The highest BCUT2D eigenvalue weighted by molar-refractivity contribution is 7.89. The van der Waals surface area contributed by atoms with Crippen LogP contribution in [0, 0.1) is 0 Å². The van der Waals surface area contributed by atoms with E-state index in [-0.39, 0.29) is 22.6 Å². The van der Waals surface area contributed by atoms with Gasteiger partial charge in [0, 0.05) is 18.9 Å². The molecule has 0 spiro atoms. The number of rotatable bonds is 4. The third kappa shape index (κ3) is 3.64. The van der Waals surface area contributed by atoms with Crippen LogP contribution in [0.2, 0.25) is 5.02 Å². The Morgan fingerprint density at radius 3 is 2.89 bits per heavy atom. The van der Waals surface area contributed by atoms with Crippen molar-refractivity contribution >= 4 is 21.6 Å². The molecule has 1 atom stereocenters. The largest absolute Gasteiger partial charge is 0.348 e. The van der Waals surface area contributed by atoms with Crippen LogP contribution in [-0.2, 0) is 19.5 Å². The molecule has 1 N–H and O–H groups in total. The zero-order valence-electron chi connectivity index (χ0n) is 10.6. The minimum Gasteiger partial charge on any atom is -0.348 e. The minimum atomic E-state index is -3.70. The van der Waals surface area contributed by atoms with E-state index in [1.165, 1.54) is 18.5 Å². The first-order valence-corrected chi connectivity index (χ1v) is 7.57. The molecule has 1 aliphatic heterocycles. The summed E-state index contributed by atoms with van der Waals surface area (Å²) in [5.41, 5.74) is 0. The molecule has 1 unspecified atom stereocenters. The minimum absolute atomic E-state index is 0.0464. The monoisotopic (exact) mass is 306 g/mol. The molecule has 19 heavy (non-hydrogen) atoms. The van der Waals surface area contributed by atoms with Gasteiger partial charge in [0.05, 0.1) is 17.7 Å². The van der Waals surface area contributed by atoms with Gasteiger partial charge < -0.3 is 9.47 Å². The van der Waals surface area contributed by atoms with Gasteiger partial charge in [-0.15, -0.1) is 0 Å². The third-order valence-corrected chi connectivity index (χ3v) is 4.48. The summed E-state index contributed by atoms with van der Waals surface area (Å²) in [5.74, 6) is -0.679. The Hall–Kier alpha value is -0.730. The van der Waals surface area contributed by atoms with Crippen LogP contribution in [0.25, 0.3) is 0 Å². The molecule has 0 aromatic carbocycles. The number of aromatic nitrogens is 1. The van der Waals surface area contributed by atoms with Crippen molar-refractivity contribution in [2.24, 2.45) is 0 Å². The number of sulfonamides is 1. The Balaban J connectivity index is 2.02. The van der Waals surface area contributed by atoms with Gasteiger partial charge in [-0.25, -0.2) is 13.1 Å². The molecule has 1 saturated heterocycles. The molecular weight excluding hydrogens is 292 g/mol. The van der Waals surface area contributed by atoms with Crippen molar-refractivity contribution < 1.29 is 17.9 Å². The molecule has 6 nitrogen and oxygen atoms in total. The van der Waals surface area contributed by atoms with E-state index < -0.39 is 15.8 Å². The van der Waals surface area contributed by atoms with E-state index in [1.807, 2.05) is 0 Å². The highest BCUT2D eigenvalue weighted by atomic mass is 35.5.